The zero-order chi connectivity index (χ0) is 17.0. The van der Waals surface area contributed by atoms with Gasteiger partial charge in [0.2, 0.25) is 0 Å². The molecule has 0 saturated carbocycles. The van der Waals surface area contributed by atoms with E-state index in [-0.39, 0.29) is 0 Å². The van der Waals surface area contributed by atoms with Gasteiger partial charge in [-0.15, -0.1) is 0 Å². The van der Waals surface area contributed by atoms with Gasteiger partial charge in [0.05, 0.1) is 0 Å². The summed E-state index contributed by atoms with van der Waals surface area (Å²) in [5.41, 5.74) is 10.4. The lowest BCUT2D eigenvalue weighted by Gasteiger charge is -2.12. The average Bonchev–Trinajstić information content (AvgIpc) is 3.19. The lowest BCUT2D eigenvalue weighted by Crippen LogP contribution is -1.92. The van der Waals surface area contributed by atoms with Crippen LogP contribution in [-0.2, 0) is 19.3 Å². The van der Waals surface area contributed by atoms with E-state index in [1.807, 2.05) is 0 Å². The predicted octanol–water partition coefficient (Wildman–Crippen LogP) is 6.59. The third kappa shape index (κ3) is 2.35. The predicted molar refractivity (Wildman–Crippen MR) is 108 cm³/mol. The smallest absolute Gasteiger partial charge is 0.00575 e. The van der Waals surface area contributed by atoms with Crippen LogP contribution in [0.2, 0.25) is 0 Å². The van der Waals surface area contributed by atoms with Crippen molar-refractivity contribution in [3.63, 3.8) is 0 Å². The molecule has 0 unspecified atom stereocenters. The molecular formula is C25H24. The van der Waals surface area contributed by atoms with E-state index in [2.05, 4.69) is 68.5 Å². The summed E-state index contributed by atoms with van der Waals surface area (Å²) in [6.45, 7) is 4.63. The summed E-state index contributed by atoms with van der Waals surface area (Å²) in [6, 6.07) is 18.4. The summed E-state index contributed by atoms with van der Waals surface area (Å²) >= 11 is 0. The van der Waals surface area contributed by atoms with Gasteiger partial charge >= 0.3 is 0 Å². The van der Waals surface area contributed by atoms with Gasteiger partial charge in [-0.25, -0.2) is 0 Å². The molecule has 0 bridgehead atoms. The van der Waals surface area contributed by atoms with Gasteiger partial charge in [-0.2, -0.15) is 0 Å². The van der Waals surface area contributed by atoms with Crippen molar-refractivity contribution in [1.29, 1.82) is 0 Å². The normalized spacial score (nSPS) is 15.1. The molecule has 0 atom stereocenters. The van der Waals surface area contributed by atoms with Crippen LogP contribution in [0.5, 0.6) is 0 Å². The van der Waals surface area contributed by atoms with Crippen LogP contribution in [0.4, 0.5) is 0 Å². The lowest BCUT2D eigenvalue weighted by atomic mass is 9.91. The molecular weight excluding hydrogens is 300 g/mol. The molecule has 3 aromatic carbocycles. The first-order chi connectivity index (χ1) is 12.2. The SMILES string of the molecule is CC(C)CC1=Cc2c(cccc2-c2ccc3c4c(cccc24)CC3)C1. The summed E-state index contributed by atoms with van der Waals surface area (Å²) in [5.74, 6) is 0.723. The third-order valence-corrected chi connectivity index (χ3v) is 5.80. The first kappa shape index (κ1) is 15.0. The Morgan fingerprint density at radius 3 is 2.40 bits per heavy atom. The van der Waals surface area contributed by atoms with Crippen molar-refractivity contribution >= 4 is 16.8 Å². The molecule has 0 nitrogen and oxygen atoms in total. The van der Waals surface area contributed by atoms with E-state index in [0.29, 0.717) is 0 Å². The van der Waals surface area contributed by atoms with Crippen molar-refractivity contribution < 1.29 is 0 Å². The van der Waals surface area contributed by atoms with Crippen LogP contribution in [0.3, 0.4) is 0 Å². The summed E-state index contributed by atoms with van der Waals surface area (Å²) in [5, 5.41) is 2.95. The molecule has 0 amide bonds. The monoisotopic (exact) mass is 324 g/mol. The highest BCUT2D eigenvalue weighted by Crippen LogP contribution is 2.41. The van der Waals surface area contributed by atoms with Crippen LogP contribution >= 0.6 is 0 Å². The van der Waals surface area contributed by atoms with Crippen LogP contribution in [0.15, 0.2) is 54.1 Å². The summed E-state index contributed by atoms with van der Waals surface area (Å²) in [7, 11) is 0. The fourth-order valence-electron chi connectivity index (χ4n) is 4.81. The second kappa shape index (κ2) is 5.59. The van der Waals surface area contributed by atoms with Crippen LogP contribution in [-0.4, -0.2) is 0 Å². The minimum Gasteiger partial charge on any atom is -0.0649 e. The fourth-order valence-corrected chi connectivity index (χ4v) is 4.81. The van der Waals surface area contributed by atoms with Gasteiger partial charge in [0.1, 0.15) is 0 Å². The van der Waals surface area contributed by atoms with E-state index in [1.165, 1.54) is 63.4 Å². The van der Waals surface area contributed by atoms with Gasteiger partial charge in [-0.3, -0.25) is 0 Å². The van der Waals surface area contributed by atoms with Crippen molar-refractivity contribution in [3.8, 4) is 11.1 Å². The van der Waals surface area contributed by atoms with Gasteiger partial charge in [-0.05, 0) is 75.8 Å². The molecule has 0 heteroatoms. The van der Waals surface area contributed by atoms with E-state index < -0.39 is 0 Å². The van der Waals surface area contributed by atoms with Crippen LogP contribution in [0.1, 0.15) is 42.5 Å². The van der Waals surface area contributed by atoms with Gasteiger partial charge in [0, 0.05) is 0 Å². The molecule has 2 aliphatic carbocycles. The topological polar surface area (TPSA) is 0 Å². The standard InChI is InChI=1S/C25H24/c1-16(2)13-17-14-20-6-4-7-21(24(20)15-17)22-12-11-19-10-9-18-5-3-8-23(22)25(18)19/h3-8,11-12,15-16H,9-10,13-14H2,1-2H3. The third-order valence-electron chi connectivity index (χ3n) is 5.80. The largest absolute Gasteiger partial charge is 0.0649 e. The zero-order valence-electron chi connectivity index (χ0n) is 15.1. The Balaban J connectivity index is 1.71. The number of rotatable bonds is 3. The van der Waals surface area contributed by atoms with Crippen LogP contribution in [0.25, 0.3) is 28.0 Å². The Morgan fingerprint density at radius 1 is 0.800 bits per heavy atom. The number of benzene rings is 3. The molecule has 0 heterocycles. The highest BCUT2D eigenvalue weighted by molar-refractivity contribution is 6.03. The molecule has 25 heavy (non-hydrogen) atoms. The molecule has 0 saturated heterocycles. The lowest BCUT2D eigenvalue weighted by molar-refractivity contribution is 0.638. The van der Waals surface area contributed by atoms with E-state index in [4.69, 9.17) is 0 Å². The Hall–Kier alpha value is -2.34. The maximum atomic E-state index is 2.47. The summed E-state index contributed by atoms with van der Waals surface area (Å²) in [6.07, 6.45) is 7.19. The van der Waals surface area contributed by atoms with Crippen LogP contribution in [0, 0.1) is 5.92 Å². The minimum atomic E-state index is 0.723. The maximum Gasteiger partial charge on any atom is -0.00575 e. The molecule has 0 radical (unpaired) electrons. The molecule has 124 valence electrons. The van der Waals surface area contributed by atoms with Crippen LogP contribution < -0.4 is 0 Å². The van der Waals surface area contributed by atoms with Gasteiger partial charge in [0.25, 0.3) is 0 Å². The maximum absolute atomic E-state index is 2.47. The second-order valence-electron chi connectivity index (χ2n) is 8.07. The number of aryl methyl sites for hydroxylation is 2. The molecule has 0 spiro atoms. The van der Waals surface area contributed by atoms with Crippen molar-refractivity contribution in [2.75, 3.05) is 0 Å². The number of fused-ring (bicyclic) bond motifs is 1. The highest BCUT2D eigenvalue weighted by atomic mass is 14.2. The quantitative estimate of drug-likeness (QED) is 0.510. The van der Waals surface area contributed by atoms with Gasteiger partial charge in [0.15, 0.2) is 0 Å². The number of hydrogen-bond donors (Lipinski definition) is 0. The van der Waals surface area contributed by atoms with Crippen molar-refractivity contribution in [1.82, 2.24) is 0 Å². The fraction of sp³-hybridized carbons (Fsp3) is 0.280. The molecule has 3 aromatic rings. The Bertz CT molecular complexity index is 1010. The van der Waals surface area contributed by atoms with Crippen molar-refractivity contribution in [2.24, 2.45) is 5.92 Å². The molecule has 0 aromatic heterocycles. The molecule has 0 aliphatic heterocycles. The first-order valence-electron chi connectivity index (χ1n) is 9.56. The van der Waals surface area contributed by atoms with Gasteiger partial charge in [-0.1, -0.05) is 74.0 Å². The first-order valence-corrected chi connectivity index (χ1v) is 9.56. The highest BCUT2D eigenvalue weighted by Gasteiger charge is 2.20. The molecule has 0 N–H and O–H groups in total. The molecule has 2 aliphatic rings. The van der Waals surface area contributed by atoms with Crippen molar-refractivity contribution in [2.45, 2.75) is 39.5 Å². The van der Waals surface area contributed by atoms with Gasteiger partial charge < -0.3 is 0 Å². The Kier molecular flexibility index (Phi) is 3.35. The Morgan fingerprint density at radius 2 is 1.56 bits per heavy atom. The van der Waals surface area contributed by atoms with E-state index >= 15 is 0 Å². The summed E-state index contributed by atoms with van der Waals surface area (Å²) in [4.78, 5) is 0. The minimum absolute atomic E-state index is 0.723. The summed E-state index contributed by atoms with van der Waals surface area (Å²) < 4.78 is 0. The van der Waals surface area contributed by atoms with Crippen molar-refractivity contribution in [3.05, 3.63) is 76.4 Å². The second-order valence-corrected chi connectivity index (χ2v) is 8.07. The average molecular weight is 324 g/mol. The van der Waals surface area contributed by atoms with E-state index in [9.17, 15) is 0 Å². The molecule has 5 rings (SSSR count). The Labute approximate surface area is 150 Å². The van der Waals surface area contributed by atoms with E-state index in [1.54, 1.807) is 5.57 Å². The van der Waals surface area contributed by atoms with E-state index in [0.717, 1.165) is 12.3 Å². The number of allylic oxidation sites excluding steroid dienone is 1. The zero-order valence-corrected chi connectivity index (χ0v) is 15.1. The molecule has 0 fully saturated rings. The number of hydrogen-bond acceptors (Lipinski definition) is 0.